The van der Waals surface area contributed by atoms with Gasteiger partial charge >= 0.3 is 0 Å². The molecule has 0 spiro atoms. The highest BCUT2D eigenvalue weighted by atomic mass is 16.2. The van der Waals surface area contributed by atoms with Crippen molar-refractivity contribution >= 4 is 11.8 Å². The first-order valence-electron chi connectivity index (χ1n) is 6.90. The molecular weight excluding hydrogens is 228 g/mol. The molecule has 1 saturated heterocycles. The van der Waals surface area contributed by atoms with Crippen molar-refractivity contribution in [3.8, 4) is 0 Å². The van der Waals surface area contributed by atoms with Gasteiger partial charge in [-0.1, -0.05) is 18.9 Å². The monoisotopic (exact) mass is 250 g/mol. The molecule has 0 aromatic carbocycles. The minimum atomic E-state index is -0.150. The fourth-order valence-electron chi connectivity index (χ4n) is 2.92. The topological polar surface area (TPSA) is 49.4 Å². The van der Waals surface area contributed by atoms with Crippen molar-refractivity contribution in [1.29, 1.82) is 0 Å². The maximum Gasteiger partial charge on any atom is 0.225 e. The van der Waals surface area contributed by atoms with Gasteiger partial charge in [-0.2, -0.15) is 0 Å². The summed E-state index contributed by atoms with van der Waals surface area (Å²) in [7, 11) is 0. The second-order valence-electron chi connectivity index (χ2n) is 5.25. The molecule has 0 bridgehead atoms. The van der Waals surface area contributed by atoms with Gasteiger partial charge in [-0.3, -0.25) is 9.59 Å². The minimum Gasteiger partial charge on any atom is -0.355 e. The smallest absolute Gasteiger partial charge is 0.225 e. The summed E-state index contributed by atoms with van der Waals surface area (Å²) < 4.78 is 0. The molecule has 1 saturated carbocycles. The van der Waals surface area contributed by atoms with Crippen LogP contribution in [0.3, 0.4) is 0 Å². The summed E-state index contributed by atoms with van der Waals surface area (Å²) in [6.07, 6.45) is 7.59. The van der Waals surface area contributed by atoms with Gasteiger partial charge in [-0.05, 0) is 19.3 Å². The Kier molecular flexibility index (Phi) is 4.39. The summed E-state index contributed by atoms with van der Waals surface area (Å²) in [5.74, 6) is 0.0272. The van der Waals surface area contributed by atoms with Crippen LogP contribution >= 0.6 is 0 Å². The maximum absolute atomic E-state index is 11.9. The summed E-state index contributed by atoms with van der Waals surface area (Å²) in [5.41, 5.74) is 0. The van der Waals surface area contributed by atoms with Gasteiger partial charge in [0.2, 0.25) is 11.8 Å². The van der Waals surface area contributed by atoms with Gasteiger partial charge in [-0.15, -0.1) is 6.58 Å². The van der Waals surface area contributed by atoms with Crippen LogP contribution in [-0.2, 0) is 9.59 Å². The van der Waals surface area contributed by atoms with Crippen molar-refractivity contribution < 1.29 is 9.59 Å². The van der Waals surface area contributed by atoms with E-state index in [0.717, 1.165) is 19.3 Å². The zero-order chi connectivity index (χ0) is 13.0. The van der Waals surface area contributed by atoms with E-state index in [1.807, 2.05) is 4.90 Å². The Balaban J connectivity index is 1.83. The molecule has 2 rings (SSSR count). The number of carbonyl (C=O) groups excluding carboxylic acids is 2. The fourth-order valence-corrected chi connectivity index (χ4v) is 2.92. The van der Waals surface area contributed by atoms with Crippen molar-refractivity contribution in [1.82, 2.24) is 10.2 Å². The fraction of sp³-hybridized carbons (Fsp3) is 0.714. The van der Waals surface area contributed by atoms with Gasteiger partial charge in [0.15, 0.2) is 0 Å². The van der Waals surface area contributed by atoms with Gasteiger partial charge in [0.25, 0.3) is 0 Å². The van der Waals surface area contributed by atoms with E-state index >= 15 is 0 Å². The van der Waals surface area contributed by atoms with E-state index in [-0.39, 0.29) is 17.7 Å². The molecule has 1 N–H and O–H groups in total. The predicted octanol–water partition coefficient (Wildman–Crippen LogP) is 1.47. The van der Waals surface area contributed by atoms with E-state index in [2.05, 4.69) is 11.9 Å². The van der Waals surface area contributed by atoms with Crippen molar-refractivity contribution in [3.63, 3.8) is 0 Å². The molecule has 0 aromatic rings. The lowest BCUT2D eigenvalue weighted by molar-refractivity contribution is -0.130. The van der Waals surface area contributed by atoms with Crippen molar-refractivity contribution in [3.05, 3.63) is 12.7 Å². The lowest BCUT2D eigenvalue weighted by atomic mass is 10.1. The normalized spacial score (nSPS) is 24.6. The number of carbonyl (C=O) groups is 2. The van der Waals surface area contributed by atoms with Gasteiger partial charge in [0, 0.05) is 25.6 Å². The number of rotatable bonds is 5. The average Bonchev–Trinajstić information content (AvgIpc) is 2.97. The van der Waals surface area contributed by atoms with Crippen molar-refractivity contribution in [2.24, 2.45) is 5.92 Å². The highest BCUT2D eigenvalue weighted by Gasteiger charge is 2.38. The van der Waals surface area contributed by atoms with E-state index in [1.54, 1.807) is 6.08 Å². The summed E-state index contributed by atoms with van der Waals surface area (Å²) in [5, 5.41) is 2.87. The minimum absolute atomic E-state index is 0.0192. The summed E-state index contributed by atoms with van der Waals surface area (Å²) in [6, 6.07) is 0.392. The SMILES string of the molecule is C=CCCNC(=O)C1CC(=O)N(C2CCCC2)C1. The first-order chi connectivity index (χ1) is 8.72. The molecule has 0 radical (unpaired) electrons. The van der Waals surface area contributed by atoms with Gasteiger partial charge in [0.05, 0.1) is 5.92 Å². The predicted molar refractivity (Wildman–Crippen MR) is 69.9 cm³/mol. The summed E-state index contributed by atoms with van der Waals surface area (Å²) in [4.78, 5) is 25.8. The number of likely N-dealkylation sites (tertiary alicyclic amines) is 1. The quantitative estimate of drug-likeness (QED) is 0.593. The Bertz CT molecular complexity index is 335. The third-order valence-corrected chi connectivity index (χ3v) is 3.94. The number of nitrogens with zero attached hydrogens (tertiary/aromatic N) is 1. The molecule has 4 nitrogen and oxygen atoms in total. The Morgan fingerprint density at radius 1 is 1.44 bits per heavy atom. The molecular formula is C14H22N2O2. The van der Waals surface area contributed by atoms with Crippen LogP contribution in [0, 0.1) is 5.92 Å². The second kappa shape index (κ2) is 6.03. The third-order valence-electron chi connectivity index (χ3n) is 3.94. The molecule has 18 heavy (non-hydrogen) atoms. The van der Waals surface area contributed by atoms with Crippen LogP contribution in [0.25, 0.3) is 0 Å². The molecule has 2 amide bonds. The zero-order valence-electron chi connectivity index (χ0n) is 10.9. The van der Waals surface area contributed by atoms with Crippen LogP contribution < -0.4 is 5.32 Å². The molecule has 1 heterocycles. The van der Waals surface area contributed by atoms with Crippen molar-refractivity contribution in [2.75, 3.05) is 13.1 Å². The van der Waals surface area contributed by atoms with Crippen LogP contribution in [0.2, 0.25) is 0 Å². The van der Waals surface area contributed by atoms with E-state index in [1.165, 1.54) is 12.8 Å². The molecule has 2 fully saturated rings. The number of hydrogen-bond donors (Lipinski definition) is 1. The first kappa shape index (κ1) is 13.1. The maximum atomic E-state index is 11.9. The molecule has 1 atom stereocenters. The second-order valence-corrected chi connectivity index (χ2v) is 5.25. The molecule has 2 aliphatic rings. The van der Waals surface area contributed by atoms with Crippen molar-refractivity contribution in [2.45, 2.75) is 44.6 Å². The Morgan fingerprint density at radius 3 is 2.83 bits per heavy atom. The first-order valence-corrected chi connectivity index (χ1v) is 6.90. The van der Waals surface area contributed by atoms with E-state index in [9.17, 15) is 9.59 Å². The highest BCUT2D eigenvalue weighted by molar-refractivity contribution is 5.89. The van der Waals surface area contributed by atoms with Crippen LogP contribution in [0.15, 0.2) is 12.7 Å². The summed E-state index contributed by atoms with van der Waals surface area (Å²) in [6.45, 7) is 4.85. The Hall–Kier alpha value is -1.32. The molecule has 1 unspecified atom stereocenters. The standard InChI is InChI=1S/C14H22N2O2/c1-2-3-8-15-14(18)11-9-13(17)16(10-11)12-6-4-5-7-12/h2,11-12H,1,3-10H2,(H,15,18). The zero-order valence-corrected chi connectivity index (χ0v) is 10.9. The Morgan fingerprint density at radius 2 is 2.17 bits per heavy atom. The molecule has 0 aromatic heterocycles. The lowest BCUT2D eigenvalue weighted by Gasteiger charge is -2.23. The van der Waals surface area contributed by atoms with Crippen LogP contribution in [0.1, 0.15) is 38.5 Å². The number of amides is 2. The van der Waals surface area contributed by atoms with Gasteiger partial charge in [-0.25, -0.2) is 0 Å². The van der Waals surface area contributed by atoms with E-state index < -0.39 is 0 Å². The Labute approximate surface area is 108 Å². The average molecular weight is 250 g/mol. The van der Waals surface area contributed by atoms with E-state index in [0.29, 0.717) is 25.6 Å². The molecule has 1 aliphatic heterocycles. The van der Waals surface area contributed by atoms with Crippen LogP contribution in [0.4, 0.5) is 0 Å². The van der Waals surface area contributed by atoms with Crippen LogP contribution in [0.5, 0.6) is 0 Å². The molecule has 100 valence electrons. The molecule has 1 aliphatic carbocycles. The third kappa shape index (κ3) is 2.92. The van der Waals surface area contributed by atoms with Gasteiger partial charge < -0.3 is 10.2 Å². The highest BCUT2D eigenvalue weighted by Crippen LogP contribution is 2.29. The number of nitrogens with one attached hydrogen (secondary N) is 1. The largest absolute Gasteiger partial charge is 0.355 e. The molecule has 4 heteroatoms. The van der Waals surface area contributed by atoms with E-state index in [4.69, 9.17) is 0 Å². The van der Waals surface area contributed by atoms with Gasteiger partial charge in [0.1, 0.15) is 0 Å². The summed E-state index contributed by atoms with van der Waals surface area (Å²) >= 11 is 0. The number of hydrogen-bond acceptors (Lipinski definition) is 2. The van der Waals surface area contributed by atoms with Crippen LogP contribution in [-0.4, -0.2) is 35.8 Å². The lowest BCUT2D eigenvalue weighted by Crippen LogP contribution is -2.37.